The van der Waals surface area contributed by atoms with Gasteiger partial charge in [0.2, 0.25) is 0 Å². The molecule has 8 nitrogen and oxygen atoms in total. The average molecular weight is 509 g/mol. The summed E-state index contributed by atoms with van der Waals surface area (Å²) in [5.41, 5.74) is -1.95. The quantitative estimate of drug-likeness (QED) is 0.442. The van der Waals surface area contributed by atoms with Crippen molar-refractivity contribution in [2.75, 3.05) is 28.4 Å². The molecule has 37 heavy (non-hydrogen) atoms. The number of carbonyl (C=O) groups excluding carboxylic acids is 1. The second-order valence-corrected chi connectivity index (χ2v) is 9.12. The lowest BCUT2D eigenvalue weighted by Gasteiger charge is -2.52. The summed E-state index contributed by atoms with van der Waals surface area (Å²) in [7, 11) is 5.84. The monoisotopic (exact) mass is 508 g/mol. The summed E-state index contributed by atoms with van der Waals surface area (Å²) in [6, 6.07) is 19.5. The molecule has 1 unspecified atom stereocenters. The first-order valence-electron chi connectivity index (χ1n) is 11.8. The molecule has 1 aliphatic heterocycles. The van der Waals surface area contributed by atoms with Crippen LogP contribution in [-0.2, 0) is 20.7 Å². The van der Waals surface area contributed by atoms with Crippen LogP contribution < -0.4 is 18.9 Å². The molecule has 3 aromatic carbocycles. The molecule has 0 saturated carbocycles. The third kappa shape index (κ3) is 4.47. The lowest BCUT2D eigenvalue weighted by atomic mass is 9.65. The standard InChI is InChI=1S/C29H32O8/c1-28(32)26-23(35-4)15-21(34-3)16-24(26)37-29(27(28)31,19-11-13-20(33-2)14-12-19)22(17-25(30)36-5)18-9-7-6-8-10-18/h6-16,22,27,31-32H,17H2,1-5H3/t22-,27+,28?,29-/m1/s1. The largest absolute Gasteiger partial charge is 0.497 e. The fraction of sp³-hybridized carbons (Fsp3) is 0.345. The van der Waals surface area contributed by atoms with Gasteiger partial charge in [0.15, 0.2) is 5.60 Å². The van der Waals surface area contributed by atoms with Crippen molar-refractivity contribution in [1.29, 1.82) is 0 Å². The molecule has 196 valence electrons. The van der Waals surface area contributed by atoms with Crippen molar-refractivity contribution >= 4 is 5.97 Å². The van der Waals surface area contributed by atoms with E-state index in [1.165, 1.54) is 28.3 Å². The van der Waals surface area contributed by atoms with E-state index in [1.807, 2.05) is 30.3 Å². The van der Waals surface area contributed by atoms with E-state index in [9.17, 15) is 15.0 Å². The van der Waals surface area contributed by atoms with E-state index in [2.05, 4.69) is 0 Å². The maximum absolute atomic E-state index is 12.7. The molecule has 0 amide bonds. The zero-order valence-corrected chi connectivity index (χ0v) is 21.6. The number of carbonyl (C=O) groups is 1. The number of hydrogen-bond donors (Lipinski definition) is 2. The van der Waals surface area contributed by atoms with Gasteiger partial charge in [-0.1, -0.05) is 42.5 Å². The van der Waals surface area contributed by atoms with Crippen LogP contribution in [0, 0.1) is 0 Å². The van der Waals surface area contributed by atoms with E-state index >= 15 is 0 Å². The Hall–Kier alpha value is -3.75. The van der Waals surface area contributed by atoms with Crippen LogP contribution in [0.1, 0.15) is 36.0 Å². The predicted octanol–water partition coefficient (Wildman–Crippen LogP) is 3.92. The summed E-state index contributed by atoms with van der Waals surface area (Å²) in [5.74, 6) is 0.339. The van der Waals surface area contributed by atoms with Gasteiger partial charge in [0.05, 0.1) is 40.4 Å². The highest BCUT2D eigenvalue weighted by molar-refractivity contribution is 5.71. The van der Waals surface area contributed by atoms with E-state index in [0.717, 1.165) is 5.56 Å². The molecule has 4 rings (SSSR count). The minimum atomic E-state index is -1.85. The molecule has 0 spiro atoms. The van der Waals surface area contributed by atoms with Crippen LogP contribution in [0.5, 0.6) is 23.0 Å². The van der Waals surface area contributed by atoms with E-state index in [1.54, 1.807) is 43.5 Å². The molecule has 0 aromatic heterocycles. The van der Waals surface area contributed by atoms with Gasteiger partial charge in [-0.2, -0.15) is 0 Å². The van der Waals surface area contributed by atoms with Gasteiger partial charge < -0.3 is 33.9 Å². The molecule has 3 aromatic rings. The fourth-order valence-corrected chi connectivity index (χ4v) is 5.20. The number of fused-ring (bicyclic) bond motifs is 1. The Morgan fingerprint density at radius 3 is 2.16 bits per heavy atom. The van der Waals surface area contributed by atoms with Gasteiger partial charge in [-0.05, 0) is 30.2 Å². The Morgan fingerprint density at radius 1 is 0.946 bits per heavy atom. The third-order valence-corrected chi connectivity index (χ3v) is 7.08. The summed E-state index contributed by atoms with van der Waals surface area (Å²) in [6.45, 7) is 1.51. The van der Waals surface area contributed by atoms with Crippen LogP contribution in [0.3, 0.4) is 0 Å². The fourth-order valence-electron chi connectivity index (χ4n) is 5.20. The predicted molar refractivity (Wildman–Crippen MR) is 136 cm³/mol. The lowest BCUT2D eigenvalue weighted by molar-refractivity contribution is -0.195. The molecule has 8 heteroatoms. The molecule has 0 aliphatic carbocycles. The van der Waals surface area contributed by atoms with Crippen LogP contribution in [0.2, 0.25) is 0 Å². The minimum absolute atomic E-state index is 0.129. The Kier molecular flexibility index (Phi) is 7.34. The van der Waals surface area contributed by atoms with Crippen LogP contribution >= 0.6 is 0 Å². The molecule has 1 aliphatic rings. The van der Waals surface area contributed by atoms with Crippen molar-refractivity contribution < 1.29 is 38.7 Å². The van der Waals surface area contributed by atoms with E-state index in [-0.39, 0.29) is 17.7 Å². The highest BCUT2D eigenvalue weighted by Crippen LogP contribution is 2.57. The normalized spacial score (nSPS) is 23.3. The average Bonchev–Trinajstić information content (AvgIpc) is 2.93. The summed E-state index contributed by atoms with van der Waals surface area (Å²) in [6.07, 6.45) is -1.67. The first-order valence-corrected chi connectivity index (χ1v) is 11.8. The van der Waals surface area contributed by atoms with E-state index < -0.39 is 29.2 Å². The van der Waals surface area contributed by atoms with Gasteiger partial charge in [-0.3, -0.25) is 4.79 Å². The second kappa shape index (κ2) is 10.3. The molecule has 1 heterocycles. The Balaban J connectivity index is 2.06. The number of benzene rings is 3. The summed E-state index contributed by atoms with van der Waals surface area (Å²) >= 11 is 0. The molecule has 0 radical (unpaired) electrons. The number of aliphatic hydroxyl groups excluding tert-OH is 1. The van der Waals surface area contributed by atoms with Crippen molar-refractivity contribution in [3.05, 3.63) is 83.4 Å². The van der Waals surface area contributed by atoms with Crippen LogP contribution in [0.4, 0.5) is 0 Å². The molecule has 2 N–H and O–H groups in total. The third-order valence-electron chi connectivity index (χ3n) is 7.08. The van der Waals surface area contributed by atoms with E-state index in [0.29, 0.717) is 22.8 Å². The zero-order chi connectivity index (χ0) is 26.8. The number of ether oxygens (including phenoxy) is 5. The van der Waals surface area contributed by atoms with Gasteiger partial charge in [0, 0.05) is 18.1 Å². The zero-order valence-electron chi connectivity index (χ0n) is 21.6. The van der Waals surface area contributed by atoms with Gasteiger partial charge in [0.25, 0.3) is 0 Å². The molecular weight excluding hydrogens is 476 g/mol. The highest BCUT2D eigenvalue weighted by atomic mass is 16.5. The van der Waals surface area contributed by atoms with Crippen molar-refractivity contribution in [1.82, 2.24) is 0 Å². The SMILES string of the molecule is COC(=O)C[C@H](c1ccccc1)[C@@]1(c2ccc(OC)cc2)Oc2cc(OC)cc(OC)c2C(C)(O)[C@@H]1O. The molecule has 0 fully saturated rings. The maximum Gasteiger partial charge on any atom is 0.306 e. The number of esters is 1. The van der Waals surface area contributed by atoms with Gasteiger partial charge in [-0.25, -0.2) is 0 Å². The van der Waals surface area contributed by atoms with Gasteiger partial charge in [-0.15, -0.1) is 0 Å². The maximum atomic E-state index is 12.7. The summed E-state index contributed by atoms with van der Waals surface area (Å²) < 4.78 is 28.1. The van der Waals surface area contributed by atoms with Crippen molar-refractivity contribution in [3.63, 3.8) is 0 Å². The first-order chi connectivity index (χ1) is 17.7. The smallest absolute Gasteiger partial charge is 0.306 e. The van der Waals surface area contributed by atoms with Crippen molar-refractivity contribution in [2.45, 2.75) is 36.6 Å². The Morgan fingerprint density at radius 2 is 1.59 bits per heavy atom. The summed E-state index contributed by atoms with van der Waals surface area (Å²) in [5, 5.41) is 24.1. The molecule has 4 atom stereocenters. The van der Waals surface area contributed by atoms with Crippen molar-refractivity contribution in [3.8, 4) is 23.0 Å². The molecule has 0 bridgehead atoms. The molecular formula is C29H32O8. The second-order valence-electron chi connectivity index (χ2n) is 9.12. The van der Waals surface area contributed by atoms with Crippen LogP contribution in [0.15, 0.2) is 66.7 Å². The highest BCUT2D eigenvalue weighted by Gasteiger charge is 2.61. The van der Waals surface area contributed by atoms with E-state index in [4.69, 9.17) is 23.7 Å². The minimum Gasteiger partial charge on any atom is -0.497 e. The van der Waals surface area contributed by atoms with Crippen LogP contribution in [-0.4, -0.2) is 50.7 Å². The lowest BCUT2D eigenvalue weighted by Crippen LogP contribution is -2.61. The molecule has 0 saturated heterocycles. The Bertz CT molecular complexity index is 1240. The summed E-state index contributed by atoms with van der Waals surface area (Å²) in [4.78, 5) is 12.7. The van der Waals surface area contributed by atoms with Crippen LogP contribution in [0.25, 0.3) is 0 Å². The number of rotatable bonds is 8. The number of methoxy groups -OCH3 is 4. The van der Waals surface area contributed by atoms with Gasteiger partial charge >= 0.3 is 5.97 Å². The Labute approximate surface area is 216 Å². The van der Waals surface area contributed by atoms with Gasteiger partial charge in [0.1, 0.15) is 34.7 Å². The number of hydrogen-bond acceptors (Lipinski definition) is 8. The topological polar surface area (TPSA) is 104 Å². The van der Waals surface area contributed by atoms with Crippen molar-refractivity contribution in [2.24, 2.45) is 0 Å². The first kappa shape index (κ1) is 26.3. The number of aliphatic hydroxyl groups is 2.